The van der Waals surface area contributed by atoms with Crippen molar-refractivity contribution in [1.82, 2.24) is 10.1 Å². The van der Waals surface area contributed by atoms with Crippen LogP contribution in [-0.2, 0) is 0 Å². The lowest BCUT2D eigenvalue weighted by molar-refractivity contribution is 0.428. The lowest BCUT2D eigenvalue weighted by atomic mass is 10.2. The summed E-state index contributed by atoms with van der Waals surface area (Å²) in [7, 11) is 0. The molecule has 0 unspecified atom stereocenters. The van der Waals surface area contributed by atoms with E-state index in [4.69, 9.17) is 16.1 Å². The number of hydrogen-bond donors (Lipinski definition) is 0. The SMILES string of the molecule is CSc1ccc(Cl)c(-c2nc(C3=CCC=CC=N3)no2)c1. The second-order valence-electron chi connectivity index (χ2n) is 4.30. The molecule has 0 radical (unpaired) electrons. The van der Waals surface area contributed by atoms with Crippen LogP contribution in [0.1, 0.15) is 12.2 Å². The molecule has 2 aromatic rings. The normalized spacial score (nSPS) is 14.1. The van der Waals surface area contributed by atoms with Crippen molar-refractivity contribution in [3.8, 4) is 11.5 Å². The predicted molar refractivity (Wildman–Crippen MR) is 86.8 cm³/mol. The Morgan fingerprint density at radius 3 is 3.10 bits per heavy atom. The third-order valence-electron chi connectivity index (χ3n) is 2.94. The zero-order chi connectivity index (χ0) is 14.7. The fourth-order valence-corrected chi connectivity index (χ4v) is 2.51. The molecule has 1 aliphatic rings. The first-order valence-corrected chi connectivity index (χ1v) is 7.95. The van der Waals surface area contributed by atoms with Crippen LogP contribution in [0.3, 0.4) is 0 Å². The summed E-state index contributed by atoms with van der Waals surface area (Å²) in [6.07, 6.45) is 10.4. The molecule has 21 heavy (non-hydrogen) atoms. The van der Waals surface area contributed by atoms with E-state index in [-0.39, 0.29) is 0 Å². The molecule has 0 spiro atoms. The summed E-state index contributed by atoms with van der Waals surface area (Å²) in [4.78, 5) is 9.77. The summed E-state index contributed by atoms with van der Waals surface area (Å²) in [5.41, 5.74) is 1.44. The van der Waals surface area contributed by atoms with Gasteiger partial charge in [-0.25, -0.2) is 0 Å². The van der Waals surface area contributed by atoms with Crippen LogP contribution in [0, 0.1) is 0 Å². The van der Waals surface area contributed by atoms with Crippen LogP contribution in [0.25, 0.3) is 17.2 Å². The molecule has 0 N–H and O–H groups in total. The van der Waals surface area contributed by atoms with Gasteiger partial charge in [0.1, 0.15) is 5.70 Å². The second kappa shape index (κ2) is 6.28. The van der Waals surface area contributed by atoms with Gasteiger partial charge in [0.15, 0.2) is 0 Å². The van der Waals surface area contributed by atoms with Gasteiger partial charge in [0.25, 0.3) is 5.89 Å². The molecular formula is C15H12ClN3OS. The molecule has 1 aliphatic heterocycles. The van der Waals surface area contributed by atoms with Crippen LogP contribution in [0.2, 0.25) is 5.02 Å². The van der Waals surface area contributed by atoms with E-state index < -0.39 is 0 Å². The van der Waals surface area contributed by atoms with Crippen molar-refractivity contribution >= 4 is 35.3 Å². The Labute approximate surface area is 131 Å². The molecule has 2 heterocycles. The van der Waals surface area contributed by atoms with Crippen LogP contribution in [0.5, 0.6) is 0 Å². The highest BCUT2D eigenvalue weighted by Gasteiger charge is 2.15. The van der Waals surface area contributed by atoms with E-state index in [1.807, 2.05) is 42.7 Å². The minimum Gasteiger partial charge on any atom is -0.334 e. The van der Waals surface area contributed by atoms with Gasteiger partial charge in [-0.2, -0.15) is 4.98 Å². The van der Waals surface area contributed by atoms with E-state index >= 15 is 0 Å². The van der Waals surface area contributed by atoms with E-state index in [2.05, 4.69) is 15.1 Å². The lowest BCUT2D eigenvalue weighted by Gasteiger charge is -2.01. The monoisotopic (exact) mass is 317 g/mol. The Morgan fingerprint density at radius 1 is 1.33 bits per heavy atom. The Hall–Kier alpha value is -1.85. The number of thioether (sulfide) groups is 1. The summed E-state index contributed by atoms with van der Waals surface area (Å²) in [5, 5.41) is 4.58. The van der Waals surface area contributed by atoms with Crippen LogP contribution < -0.4 is 0 Å². The van der Waals surface area contributed by atoms with E-state index in [9.17, 15) is 0 Å². The summed E-state index contributed by atoms with van der Waals surface area (Å²) in [6.45, 7) is 0. The smallest absolute Gasteiger partial charge is 0.259 e. The van der Waals surface area contributed by atoms with Crippen molar-refractivity contribution in [1.29, 1.82) is 0 Å². The molecule has 0 atom stereocenters. The number of aliphatic imine (C=N–C) groups is 1. The molecule has 3 rings (SSSR count). The highest BCUT2D eigenvalue weighted by Crippen LogP contribution is 2.31. The summed E-state index contributed by atoms with van der Waals surface area (Å²) in [6, 6.07) is 5.73. The van der Waals surface area contributed by atoms with Crippen molar-refractivity contribution in [2.75, 3.05) is 6.26 Å². The Balaban J connectivity index is 1.97. The summed E-state index contributed by atoms with van der Waals surface area (Å²) >= 11 is 7.85. The molecule has 106 valence electrons. The van der Waals surface area contributed by atoms with Crippen molar-refractivity contribution in [2.45, 2.75) is 11.3 Å². The van der Waals surface area contributed by atoms with Gasteiger partial charge in [0.2, 0.25) is 5.82 Å². The fourth-order valence-electron chi connectivity index (χ4n) is 1.88. The van der Waals surface area contributed by atoms with Gasteiger partial charge in [0, 0.05) is 11.1 Å². The Bertz CT molecular complexity index is 749. The average molecular weight is 318 g/mol. The molecule has 0 saturated carbocycles. The van der Waals surface area contributed by atoms with Crippen LogP contribution in [0.4, 0.5) is 0 Å². The first-order valence-electron chi connectivity index (χ1n) is 6.35. The van der Waals surface area contributed by atoms with Crippen molar-refractivity contribution in [3.63, 3.8) is 0 Å². The summed E-state index contributed by atoms with van der Waals surface area (Å²) in [5.74, 6) is 0.870. The van der Waals surface area contributed by atoms with Gasteiger partial charge in [-0.15, -0.1) is 11.8 Å². The third kappa shape index (κ3) is 3.09. The lowest BCUT2D eigenvalue weighted by Crippen LogP contribution is -1.86. The molecule has 4 nitrogen and oxygen atoms in total. The highest BCUT2D eigenvalue weighted by atomic mass is 35.5. The van der Waals surface area contributed by atoms with Gasteiger partial charge < -0.3 is 4.52 Å². The van der Waals surface area contributed by atoms with Gasteiger partial charge in [-0.3, -0.25) is 4.99 Å². The topological polar surface area (TPSA) is 51.3 Å². The number of allylic oxidation sites excluding steroid dienone is 3. The number of rotatable bonds is 3. The Morgan fingerprint density at radius 2 is 2.24 bits per heavy atom. The number of halogens is 1. The second-order valence-corrected chi connectivity index (χ2v) is 5.59. The minimum absolute atomic E-state index is 0.402. The number of aromatic nitrogens is 2. The molecule has 1 aromatic carbocycles. The van der Waals surface area contributed by atoms with Crippen LogP contribution in [-0.4, -0.2) is 22.6 Å². The molecule has 0 fully saturated rings. The quantitative estimate of drug-likeness (QED) is 0.783. The predicted octanol–water partition coefficient (Wildman–Crippen LogP) is 4.48. The largest absolute Gasteiger partial charge is 0.334 e. The molecule has 0 saturated heterocycles. The fraction of sp³-hybridized carbons (Fsp3) is 0.133. The number of benzene rings is 1. The number of nitrogens with zero attached hydrogens (tertiary/aromatic N) is 3. The highest BCUT2D eigenvalue weighted by molar-refractivity contribution is 7.98. The van der Waals surface area contributed by atoms with Crippen molar-refractivity contribution in [2.24, 2.45) is 4.99 Å². The zero-order valence-corrected chi connectivity index (χ0v) is 12.9. The first-order chi connectivity index (χ1) is 10.3. The molecular weight excluding hydrogens is 306 g/mol. The van der Waals surface area contributed by atoms with Gasteiger partial charge in [-0.1, -0.05) is 28.9 Å². The van der Waals surface area contributed by atoms with Gasteiger partial charge in [0.05, 0.1) is 10.6 Å². The number of hydrogen-bond acceptors (Lipinski definition) is 5. The summed E-state index contributed by atoms with van der Waals surface area (Å²) < 4.78 is 5.34. The minimum atomic E-state index is 0.402. The maximum Gasteiger partial charge on any atom is 0.259 e. The van der Waals surface area contributed by atoms with Crippen LogP contribution >= 0.6 is 23.4 Å². The molecule has 0 amide bonds. The van der Waals surface area contributed by atoms with E-state index in [0.717, 1.165) is 16.9 Å². The third-order valence-corrected chi connectivity index (χ3v) is 4.00. The van der Waals surface area contributed by atoms with Crippen molar-refractivity contribution < 1.29 is 4.52 Å². The van der Waals surface area contributed by atoms with E-state index in [1.54, 1.807) is 18.0 Å². The van der Waals surface area contributed by atoms with Gasteiger partial charge >= 0.3 is 0 Å². The molecule has 0 aliphatic carbocycles. The van der Waals surface area contributed by atoms with E-state index in [0.29, 0.717) is 22.4 Å². The maximum absolute atomic E-state index is 6.22. The molecule has 1 aromatic heterocycles. The average Bonchev–Trinajstić information content (AvgIpc) is 2.83. The Kier molecular flexibility index (Phi) is 4.22. The van der Waals surface area contributed by atoms with Crippen molar-refractivity contribution in [3.05, 3.63) is 47.3 Å². The standard InChI is InChI=1S/C15H12ClN3OS/c1-21-10-6-7-12(16)11(9-10)15-18-14(19-20-15)13-5-3-2-4-8-17-13/h2,4-9H,3H2,1H3. The van der Waals surface area contributed by atoms with Crippen LogP contribution in [0.15, 0.2) is 50.8 Å². The molecule has 6 heteroatoms. The van der Waals surface area contributed by atoms with Gasteiger partial charge in [-0.05, 0) is 37.0 Å². The maximum atomic E-state index is 6.22. The zero-order valence-electron chi connectivity index (χ0n) is 11.3. The first kappa shape index (κ1) is 14.1. The van der Waals surface area contributed by atoms with E-state index in [1.165, 1.54) is 0 Å². The molecule has 0 bridgehead atoms.